The van der Waals surface area contributed by atoms with Crippen LogP contribution in [0.5, 0.6) is 5.75 Å². The van der Waals surface area contributed by atoms with Gasteiger partial charge in [0, 0.05) is 31.7 Å². The number of morpholine rings is 1. The van der Waals surface area contributed by atoms with Crippen LogP contribution in [0.4, 0.5) is 0 Å². The van der Waals surface area contributed by atoms with Gasteiger partial charge in [-0.25, -0.2) is 0 Å². The van der Waals surface area contributed by atoms with Gasteiger partial charge in [-0.2, -0.15) is 0 Å². The van der Waals surface area contributed by atoms with Crippen molar-refractivity contribution < 1.29 is 14.6 Å². The van der Waals surface area contributed by atoms with Crippen LogP contribution in [0.15, 0.2) is 24.3 Å². The maximum absolute atomic E-state index is 10.4. The summed E-state index contributed by atoms with van der Waals surface area (Å²) in [5, 5.41) is 14.1. The Morgan fingerprint density at radius 1 is 1.21 bits per heavy atom. The number of nitrogens with one attached hydrogen (secondary N) is 1. The summed E-state index contributed by atoms with van der Waals surface area (Å²) >= 11 is 0. The molecule has 2 fully saturated rings. The number of hydrogen-bond donors (Lipinski definition) is 2. The lowest BCUT2D eigenvalue weighted by atomic mass is 9.88. The highest BCUT2D eigenvalue weighted by atomic mass is 16.5. The molecule has 1 heterocycles. The van der Waals surface area contributed by atoms with Gasteiger partial charge in [0.05, 0.1) is 26.4 Å². The van der Waals surface area contributed by atoms with Crippen molar-refractivity contribution in [3.05, 3.63) is 29.8 Å². The maximum Gasteiger partial charge on any atom is 0.118 e. The molecule has 0 amide bonds. The van der Waals surface area contributed by atoms with Gasteiger partial charge in [-0.3, -0.25) is 4.90 Å². The van der Waals surface area contributed by atoms with Crippen molar-refractivity contribution in [1.29, 1.82) is 0 Å². The first kappa shape index (κ1) is 17.7. The molecule has 0 spiro atoms. The summed E-state index contributed by atoms with van der Waals surface area (Å²) in [6, 6.07) is 8.37. The Balaban J connectivity index is 1.58. The summed E-state index contributed by atoms with van der Waals surface area (Å²) in [5.74, 6) is 0.888. The van der Waals surface area contributed by atoms with Crippen molar-refractivity contribution in [2.45, 2.75) is 37.3 Å². The van der Waals surface area contributed by atoms with E-state index in [9.17, 15) is 5.11 Å². The number of hydrogen-bond acceptors (Lipinski definition) is 5. The molecule has 2 N–H and O–H groups in total. The van der Waals surface area contributed by atoms with Crippen molar-refractivity contribution in [2.75, 3.05) is 46.5 Å². The van der Waals surface area contributed by atoms with Crippen molar-refractivity contribution in [3.8, 4) is 5.75 Å². The van der Waals surface area contributed by atoms with E-state index in [1.165, 1.54) is 18.4 Å². The quantitative estimate of drug-likeness (QED) is 0.796. The lowest BCUT2D eigenvalue weighted by Gasteiger charge is -2.34. The van der Waals surface area contributed by atoms with E-state index >= 15 is 0 Å². The first-order chi connectivity index (χ1) is 11.7. The molecule has 2 aliphatic rings. The summed E-state index contributed by atoms with van der Waals surface area (Å²) in [4.78, 5) is 2.28. The molecule has 1 aliphatic heterocycles. The molecule has 5 nitrogen and oxygen atoms in total. The van der Waals surface area contributed by atoms with Gasteiger partial charge < -0.3 is 19.9 Å². The number of aliphatic hydroxyl groups is 1. The molecule has 24 heavy (non-hydrogen) atoms. The first-order valence-corrected chi connectivity index (χ1v) is 9.10. The Morgan fingerprint density at radius 3 is 2.50 bits per heavy atom. The van der Waals surface area contributed by atoms with Crippen molar-refractivity contribution in [1.82, 2.24) is 10.2 Å². The average Bonchev–Trinajstić information content (AvgIpc) is 3.11. The summed E-state index contributed by atoms with van der Waals surface area (Å²) in [5.41, 5.74) is 1.30. The minimum absolute atomic E-state index is 0.00173. The van der Waals surface area contributed by atoms with Crippen LogP contribution >= 0.6 is 0 Å². The van der Waals surface area contributed by atoms with Gasteiger partial charge in [0.15, 0.2) is 0 Å². The predicted molar refractivity (Wildman–Crippen MR) is 94.4 cm³/mol. The molecule has 5 heteroatoms. The van der Waals surface area contributed by atoms with Gasteiger partial charge in [0.1, 0.15) is 5.75 Å². The van der Waals surface area contributed by atoms with Gasteiger partial charge >= 0.3 is 0 Å². The van der Waals surface area contributed by atoms with Gasteiger partial charge in [-0.15, -0.1) is 0 Å². The number of methoxy groups -OCH3 is 1. The monoisotopic (exact) mass is 334 g/mol. The number of nitrogens with zero attached hydrogens (tertiary/aromatic N) is 1. The van der Waals surface area contributed by atoms with Crippen LogP contribution in [0.25, 0.3) is 0 Å². The summed E-state index contributed by atoms with van der Waals surface area (Å²) in [7, 11) is 1.70. The fraction of sp³-hybridized carbons (Fsp3) is 0.684. The Hall–Kier alpha value is -1.14. The highest BCUT2D eigenvalue weighted by molar-refractivity contribution is 5.32. The van der Waals surface area contributed by atoms with Crippen LogP contribution < -0.4 is 10.1 Å². The number of aliphatic hydroxyl groups excluding tert-OH is 1. The van der Waals surface area contributed by atoms with Gasteiger partial charge in [0.2, 0.25) is 0 Å². The van der Waals surface area contributed by atoms with E-state index in [-0.39, 0.29) is 11.6 Å². The summed E-state index contributed by atoms with van der Waals surface area (Å²) in [6.07, 6.45) is 4.38. The zero-order valence-corrected chi connectivity index (χ0v) is 14.7. The molecular formula is C19H30N2O3. The topological polar surface area (TPSA) is 54.0 Å². The molecule has 1 saturated heterocycles. The van der Waals surface area contributed by atoms with Crippen molar-refractivity contribution in [3.63, 3.8) is 0 Å². The smallest absolute Gasteiger partial charge is 0.118 e. The fourth-order valence-electron chi connectivity index (χ4n) is 3.92. The van der Waals surface area contributed by atoms with Crippen molar-refractivity contribution in [2.24, 2.45) is 0 Å². The third-order valence-electron chi connectivity index (χ3n) is 5.35. The zero-order valence-electron chi connectivity index (χ0n) is 14.7. The van der Waals surface area contributed by atoms with E-state index < -0.39 is 0 Å². The lowest BCUT2D eigenvalue weighted by Crippen LogP contribution is -2.48. The summed E-state index contributed by atoms with van der Waals surface area (Å²) < 4.78 is 10.6. The SMILES string of the molecule is COc1ccc(C2(NCC(O)CN3CCOCC3)CCCC2)cc1. The van der Waals surface area contributed by atoms with E-state index in [1.807, 2.05) is 12.1 Å². The van der Waals surface area contributed by atoms with Crippen LogP contribution in [0, 0.1) is 0 Å². The number of benzene rings is 1. The minimum atomic E-state index is -0.348. The molecule has 1 aromatic carbocycles. The minimum Gasteiger partial charge on any atom is -0.497 e. The van der Waals surface area contributed by atoms with Crippen LogP contribution in [-0.4, -0.2) is 62.6 Å². The molecule has 0 radical (unpaired) electrons. The third-order valence-corrected chi connectivity index (χ3v) is 5.35. The van der Waals surface area contributed by atoms with Gasteiger partial charge in [-0.1, -0.05) is 25.0 Å². The molecular weight excluding hydrogens is 304 g/mol. The van der Waals surface area contributed by atoms with Crippen molar-refractivity contribution >= 4 is 0 Å². The Morgan fingerprint density at radius 2 is 1.88 bits per heavy atom. The van der Waals surface area contributed by atoms with Crippen LogP contribution in [-0.2, 0) is 10.3 Å². The lowest BCUT2D eigenvalue weighted by molar-refractivity contribution is 0.0133. The Bertz CT molecular complexity index is 494. The number of ether oxygens (including phenoxy) is 2. The van der Waals surface area contributed by atoms with E-state index in [2.05, 4.69) is 22.3 Å². The van der Waals surface area contributed by atoms with E-state index in [0.29, 0.717) is 6.54 Å². The van der Waals surface area contributed by atoms with Gasteiger partial charge in [0.25, 0.3) is 0 Å². The zero-order chi connectivity index (χ0) is 16.8. The first-order valence-electron chi connectivity index (χ1n) is 9.10. The largest absolute Gasteiger partial charge is 0.497 e. The molecule has 3 rings (SSSR count). The van der Waals surface area contributed by atoms with Gasteiger partial charge in [-0.05, 0) is 30.5 Å². The van der Waals surface area contributed by atoms with E-state index in [0.717, 1.165) is 51.4 Å². The molecule has 1 atom stereocenters. The second kappa shape index (κ2) is 8.30. The Kier molecular flexibility index (Phi) is 6.11. The molecule has 1 unspecified atom stereocenters. The number of rotatable bonds is 7. The van der Waals surface area contributed by atoms with Crippen LogP contribution in [0.1, 0.15) is 31.2 Å². The molecule has 0 bridgehead atoms. The molecule has 1 saturated carbocycles. The summed E-state index contributed by atoms with van der Waals surface area (Å²) in [6.45, 7) is 4.73. The normalized spacial score (nSPS) is 22.4. The Labute approximate surface area is 144 Å². The third kappa shape index (κ3) is 4.28. The highest BCUT2D eigenvalue weighted by Crippen LogP contribution is 2.39. The maximum atomic E-state index is 10.4. The molecule has 1 aliphatic carbocycles. The average molecular weight is 334 g/mol. The fourth-order valence-corrected chi connectivity index (χ4v) is 3.92. The second-order valence-corrected chi connectivity index (χ2v) is 6.97. The van der Waals surface area contributed by atoms with Crippen LogP contribution in [0.2, 0.25) is 0 Å². The standard InChI is InChI=1S/C19H30N2O3/c1-23-18-6-4-16(5-7-18)19(8-2-3-9-19)20-14-17(22)15-21-10-12-24-13-11-21/h4-7,17,20,22H,2-3,8-15H2,1H3. The number of β-amino-alcohol motifs (C(OH)–C–C–N with tert-alkyl or cyclic N) is 1. The van der Waals surface area contributed by atoms with Crippen LogP contribution in [0.3, 0.4) is 0 Å². The second-order valence-electron chi connectivity index (χ2n) is 6.97. The molecule has 0 aromatic heterocycles. The predicted octanol–water partition coefficient (Wildman–Crippen LogP) is 1.75. The van der Waals surface area contributed by atoms with E-state index in [1.54, 1.807) is 7.11 Å². The van der Waals surface area contributed by atoms with E-state index in [4.69, 9.17) is 9.47 Å². The molecule has 1 aromatic rings. The highest BCUT2D eigenvalue weighted by Gasteiger charge is 2.35. The molecule has 134 valence electrons.